The lowest BCUT2D eigenvalue weighted by Crippen LogP contribution is -2.19. The van der Waals surface area contributed by atoms with Crippen LogP contribution in [-0.4, -0.2) is 22.9 Å². The minimum atomic E-state index is -1.02. The van der Waals surface area contributed by atoms with Gasteiger partial charge in [-0.1, -0.05) is 54.1 Å². The van der Waals surface area contributed by atoms with Crippen molar-refractivity contribution >= 4 is 40.9 Å². The number of anilines is 2. The number of hydrogen-bond acceptors (Lipinski definition) is 4. The summed E-state index contributed by atoms with van der Waals surface area (Å²) in [5.74, 6) is -1.53. The molecule has 33 heavy (non-hydrogen) atoms. The van der Waals surface area contributed by atoms with Gasteiger partial charge in [0.1, 0.15) is 5.25 Å². The predicted octanol–water partition coefficient (Wildman–Crippen LogP) is 5.58. The molecule has 6 nitrogen and oxygen atoms in total. The van der Waals surface area contributed by atoms with Crippen molar-refractivity contribution in [3.8, 4) is 0 Å². The number of carboxylic acid groups (broad SMARTS) is 1. The lowest BCUT2D eigenvalue weighted by Gasteiger charge is -2.18. The zero-order chi connectivity index (χ0) is 23.8. The Balaban J connectivity index is 1.79. The van der Waals surface area contributed by atoms with E-state index in [0.29, 0.717) is 5.69 Å². The van der Waals surface area contributed by atoms with Crippen LogP contribution in [0.1, 0.15) is 34.8 Å². The van der Waals surface area contributed by atoms with Crippen LogP contribution >= 0.6 is 11.8 Å². The number of carbonyl (C=O) groups excluding carboxylic acids is 2. The highest BCUT2D eigenvalue weighted by Gasteiger charge is 2.23. The van der Waals surface area contributed by atoms with Crippen molar-refractivity contribution in [2.24, 2.45) is 0 Å². The molecule has 0 spiro atoms. The summed E-state index contributed by atoms with van der Waals surface area (Å²) < 4.78 is 0. The van der Waals surface area contributed by atoms with Gasteiger partial charge in [-0.25, -0.2) is 0 Å². The van der Waals surface area contributed by atoms with E-state index in [9.17, 15) is 14.4 Å². The number of aliphatic carboxylic acids is 1. The van der Waals surface area contributed by atoms with Crippen molar-refractivity contribution in [3.05, 3.63) is 89.5 Å². The minimum absolute atomic E-state index is 0.0996. The molecule has 0 heterocycles. The number of rotatable bonds is 9. The molecule has 3 aromatic carbocycles. The van der Waals surface area contributed by atoms with Crippen molar-refractivity contribution in [3.63, 3.8) is 0 Å². The fraction of sp³-hybridized carbons (Fsp3) is 0.192. The number of nitrogens with one attached hydrogen (secondary N) is 2. The molecule has 2 amide bonds. The molecule has 3 rings (SSSR count). The summed E-state index contributed by atoms with van der Waals surface area (Å²) in [6.07, 6.45) is -0.327. The minimum Gasteiger partial charge on any atom is -0.481 e. The zero-order valence-electron chi connectivity index (χ0n) is 18.5. The summed E-state index contributed by atoms with van der Waals surface area (Å²) in [6.45, 7) is 3.97. The van der Waals surface area contributed by atoms with Gasteiger partial charge in [-0.15, -0.1) is 11.8 Å². The highest BCUT2D eigenvalue weighted by molar-refractivity contribution is 8.00. The van der Waals surface area contributed by atoms with Crippen LogP contribution in [0, 0.1) is 13.8 Å². The standard InChI is InChI=1S/C26H26N2O4S/c1-17-11-12-22(18(2)15-17)28-26(32)25(19-7-4-3-5-8-19)33-21-10-6-9-20(16-21)27-23(29)13-14-24(30)31/h3-12,15-16,25H,13-14H2,1-2H3,(H,27,29)(H,28,32)(H,30,31). The van der Waals surface area contributed by atoms with Crippen molar-refractivity contribution in [1.82, 2.24) is 0 Å². The van der Waals surface area contributed by atoms with Crippen LogP contribution in [-0.2, 0) is 14.4 Å². The van der Waals surface area contributed by atoms with Gasteiger partial charge >= 0.3 is 5.97 Å². The van der Waals surface area contributed by atoms with E-state index < -0.39 is 11.2 Å². The van der Waals surface area contributed by atoms with Crippen LogP contribution in [0.15, 0.2) is 77.7 Å². The lowest BCUT2D eigenvalue weighted by atomic mass is 10.1. The van der Waals surface area contributed by atoms with Gasteiger partial charge in [0.25, 0.3) is 0 Å². The third-order valence-electron chi connectivity index (χ3n) is 4.92. The third kappa shape index (κ3) is 7.22. The number of aryl methyl sites for hydroxylation is 2. The molecule has 0 saturated carbocycles. The van der Waals surface area contributed by atoms with Gasteiger partial charge < -0.3 is 15.7 Å². The van der Waals surface area contributed by atoms with Gasteiger partial charge in [0.2, 0.25) is 11.8 Å². The third-order valence-corrected chi connectivity index (χ3v) is 6.17. The molecule has 1 unspecified atom stereocenters. The SMILES string of the molecule is Cc1ccc(NC(=O)C(Sc2cccc(NC(=O)CCC(=O)O)c2)c2ccccc2)c(C)c1. The van der Waals surface area contributed by atoms with Crippen LogP contribution in [0.2, 0.25) is 0 Å². The number of amides is 2. The first-order valence-corrected chi connectivity index (χ1v) is 11.4. The average Bonchev–Trinajstić information content (AvgIpc) is 2.79. The van der Waals surface area contributed by atoms with E-state index in [2.05, 4.69) is 10.6 Å². The first-order chi connectivity index (χ1) is 15.8. The first-order valence-electron chi connectivity index (χ1n) is 10.5. The van der Waals surface area contributed by atoms with E-state index in [4.69, 9.17) is 5.11 Å². The summed E-state index contributed by atoms with van der Waals surface area (Å²) in [4.78, 5) is 36.8. The van der Waals surface area contributed by atoms with Crippen LogP contribution in [0.5, 0.6) is 0 Å². The average molecular weight is 463 g/mol. The molecule has 3 aromatic rings. The first kappa shape index (κ1) is 24.1. The highest BCUT2D eigenvalue weighted by Crippen LogP contribution is 2.37. The topological polar surface area (TPSA) is 95.5 Å². The molecule has 170 valence electrons. The number of thioether (sulfide) groups is 1. The summed E-state index contributed by atoms with van der Waals surface area (Å²) in [5.41, 5.74) is 4.30. The predicted molar refractivity (Wildman–Crippen MR) is 132 cm³/mol. The Morgan fingerprint density at radius 3 is 2.33 bits per heavy atom. The Bertz CT molecular complexity index is 1150. The molecule has 0 fully saturated rings. The molecule has 0 aliphatic heterocycles. The van der Waals surface area contributed by atoms with Gasteiger partial charge in [0.05, 0.1) is 6.42 Å². The second-order valence-electron chi connectivity index (χ2n) is 7.69. The van der Waals surface area contributed by atoms with Gasteiger partial charge in [-0.05, 0) is 49.2 Å². The molecular formula is C26H26N2O4S. The van der Waals surface area contributed by atoms with E-state index >= 15 is 0 Å². The van der Waals surface area contributed by atoms with Gasteiger partial charge in [-0.3, -0.25) is 14.4 Å². The van der Waals surface area contributed by atoms with Crippen molar-refractivity contribution in [2.75, 3.05) is 10.6 Å². The number of benzene rings is 3. The lowest BCUT2D eigenvalue weighted by molar-refractivity contribution is -0.138. The normalized spacial score (nSPS) is 11.5. The molecule has 0 aliphatic carbocycles. The molecular weight excluding hydrogens is 436 g/mol. The summed E-state index contributed by atoms with van der Waals surface area (Å²) in [6, 6.07) is 22.6. The largest absolute Gasteiger partial charge is 0.481 e. The van der Waals surface area contributed by atoms with Crippen LogP contribution in [0.25, 0.3) is 0 Å². The van der Waals surface area contributed by atoms with E-state index in [1.54, 1.807) is 18.2 Å². The molecule has 0 aromatic heterocycles. The molecule has 0 bridgehead atoms. The molecule has 1 atom stereocenters. The van der Waals surface area contributed by atoms with Crippen molar-refractivity contribution in [2.45, 2.75) is 36.8 Å². The number of carbonyl (C=O) groups is 3. The van der Waals surface area contributed by atoms with E-state index in [0.717, 1.165) is 27.3 Å². The molecule has 0 saturated heterocycles. The summed E-state index contributed by atoms with van der Waals surface area (Å²) in [7, 11) is 0. The second kappa shape index (κ2) is 11.3. The van der Waals surface area contributed by atoms with E-state index in [1.165, 1.54) is 11.8 Å². The fourth-order valence-electron chi connectivity index (χ4n) is 3.28. The quantitative estimate of drug-likeness (QED) is 0.361. The highest BCUT2D eigenvalue weighted by atomic mass is 32.2. The fourth-order valence-corrected chi connectivity index (χ4v) is 4.36. The Kier molecular flexibility index (Phi) is 8.27. The smallest absolute Gasteiger partial charge is 0.303 e. The molecule has 3 N–H and O–H groups in total. The van der Waals surface area contributed by atoms with E-state index in [1.807, 2.05) is 68.4 Å². The maximum Gasteiger partial charge on any atom is 0.303 e. The van der Waals surface area contributed by atoms with Gasteiger partial charge in [-0.2, -0.15) is 0 Å². The maximum absolute atomic E-state index is 13.3. The van der Waals surface area contributed by atoms with E-state index in [-0.39, 0.29) is 24.7 Å². The Labute approximate surface area is 197 Å². The Morgan fingerprint density at radius 2 is 1.64 bits per heavy atom. The van der Waals surface area contributed by atoms with Crippen LogP contribution < -0.4 is 10.6 Å². The van der Waals surface area contributed by atoms with Gasteiger partial charge in [0.15, 0.2) is 0 Å². The van der Waals surface area contributed by atoms with Crippen LogP contribution in [0.3, 0.4) is 0 Å². The van der Waals surface area contributed by atoms with Crippen LogP contribution in [0.4, 0.5) is 11.4 Å². The Hall–Kier alpha value is -3.58. The number of hydrogen-bond donors (Lipinski definition) is 3. The second-order valence-corrected chi connectivity index (χ2v) is 8.86. The molecule has 7 heteroatoms. The summed E-state index contributed by atoms with van der Waals surface area (Å²) >= 11 is 1.38. The number of carboxylic acids is 1. The zero-order valence-corrected chi connectivity index (χ0v) is 19.3. The maximum atomic E-state index is 13.3. The Morgan fingerprint density at radius 1 is 0.879 bits per heavy atom. The molecule has 0 aliphatic rings. The molecule has 0 radical (unpaired) electrons. The van der Waals surface area contributed by atoms with Gasteiger partial charge in [0, 0.05) is 22.7 Å². The summed E-state index contributed by atoms with van der Waals surface area (Å²) in [5, 5.41) is 14.0. The van der Waals surface area contributed by atoms with Crippen molar-refractivity contribution in [1.29, 1.82) is 0 Å². The van der Waals surface area contributed by atoms with Crippen molar-refractivity contribution < 1.29 is 19.5 Å². The monoisotopic (exact) mass is 462 g/mol.